The average Bonchev–Trinajstić information content (AvgIpc) is 2.91. The molecule has 0 fully saturated rings. The molecule has 0 aliphatic rings. The molecule has 0 unspecified atom stereocenters. The molecule has 4 aromatic rings. The number of aromatic nitrogens is 2. The van der Waals surface area contributed by atoms with Gasteiger partial charge >= 0.3 is 0 Å². The molecule has 0 aliphatic carbocycles. The summed E-state index contributed by atoms with van der Waals surface area (Å²) < 4.78 is 6.77. The quantitative estimate of drug-likeness (QED) is 0.293. The number of hydrogen-bond donors (Lipinski definition) is 1. The number of non-ortho nitro benzene ring substituents is 1. The molecule has 0 radical (unpaired) electrons. The minimum absolute atomic E-state index is 0.129. The SMILES string of the molecule is CCc1ccc(-n2nc(C)c(=O)c(-c3ccc(OC)cc3)c2NC(=O)c2ccc([N+](=O)[O-])cc2)cc1. The zero-order valence-electron chi connectivity index (χ0n) is 20.0. The van der Waals surface area contributed by atoms with Crippen LogP contribution in [0.4, 0.5) is 11.5 Å². The third-order valence-electron chi connectivity index (χ3n) is 5.79. The summed E-state index contributed by atoms with van der Waals surface area (Å²) in [5.74, 6) is 0.267. The van der Waals surface area contributed by atoms with Crippen molar-refractivity contribution in [3.05, 3.63) is 110 Å². The van der Waals surface area contributed by atoms with E-state index in [9.17, 15) is 19.7 Å². The standard InChI is InChI=1S/C27H24N4O5/c1-4-18-5-11-21(12-6-18)30-26(28-27(33)20-7-13-22(14-8-20)31(34)35)24(25(32)17(2)29-30)19-9-15-23(36-3)16-10-19/h5-16H,4H2,1-3H3,(H,28,33). The van der Waals surface area contributed by atoms with Gasteiger partial charge < -0.3 is 10.1 Å². The first kappa shape index (κ1) is 24.3. The summed E-state index contributed by atoms with van der Waals surface area (Å²) in [6.45, 7) is 3.67. The van der Waals surface area contributed by atoms with Crippen LogP contribution in [0.1, 0.15) is 28.5 Å². The second-order valence-electron chi connectivity index (χ2n) is 8.06. The fourth-order valence-electron chi connectivity index (χ4n) is 3.75. The highest BCUT2D eigenvalue weighted by atomic mass is 16.6. The Hall–Kier alpha value is -4.79. The summed E-state index contributed by atoms with van der Waals surface area (Å²) in [5, 5.41) is 18.3. The van der Waals surface area contributed by atoms with Crippen LogP contribution in [0.5, 0.6) is 5.75 Å². The Morgan fingerprint density at radius 2 is 1.67 bits per heavy atom. The topological polar surface area (TPSA) is 116 Å². The van der Waals surface area contributed by atoms with Crippen molar-refractivity contribution in [3.63, 3.8) is 0 Å². The Labute approximate surface area is 207 Å². The molecule has 182 valence electrons. The molecule has 0 saturated carbocycles. The Bertz CT molecular complexity index is 1480. The van der Waals surface area contributed by atoms with E-state index in [0.29, 0.717) is 17.0 Å². The van der Waals surface area contributed by atoms with Gasteiger partial charge in [-0.05, 0) is 60.9 Å². The largest absolute Gasteiger partial charge is 0.497 e. The summed E-state index contributed by atoms with van der Waals surface area (Å²) in [7, 11) is 1.55. The maximum atomic E-state index is 13.3. The molecule has 4 rings (SSSR count). The van der Waals surface area contributed by atoms with Gasteiger partial charge in [-0.2, -0.15) is 5.10 Å². The lowest BCUT2D eigenvalue weighted by Crippen LogP contribution is -2.25. The van der Waals surface area contributed by atoms with Crippen LogP contribution < -0.4 is 15.5 Å². The predicted molar refractivity (Wildman–Crippen MR) is 137 cm³/mol. The Morgan fingerprint density at radius 3 is 2.22 bits per heavy atom. The minimum atomic E-state index is -0.538. The molecule has 9 heteroatoms. The molecule has 1 amide bonds. The molecule has 36 heavy (non-hydrogen) atoms. The van der Waals surface area contributed by atoms with Crippen molar-refractivity contribution in [2.75, 3.05) is 12.4 Å². The number of anilines is 1. The van der Waals surface area contributed by atoms with E-state index in [1.165, 1.54) is 28.9 Å². The van der Waals surface area contributed by atoms with Crippen LogP contribution in [0.15, 0.2) is 77.6 Å². The van der Waals surface area contributed by atoms with Crippen molar-refractivity contribution < 1.29 is 14.5 Å². The molecule has 1 N–H and O–H groups in total. The molecular weight excluding hydrogens is 460 g/mol. The number of benzene rings is 3. The fraction of sp³-hybridized carbons (Fsp3) is 0.148. The molecule has 0 saturated heterocycles. The molecule has 1 heterocycles. The van der Waals surface area contributed by atoms with Crippen LogP contribution in [-0.2, 0) is 6.42 Å². The van der Waals surface area contributed by atoms with E-state index >= 15 is 0 Å². The molecular formula is C27H24N4O5. The van der Waals surface area contributed by atoms with Gasteiger partial charge in [-0.3, -0.25) is 19.7 Å². The van der Waals surface area contributed by atoms with Crippen LogP contribution in [0, 0.1) is 17.0 Å². The lowest BCUT2D eigenvalue weighted by molar-refractivity contribution is -0.384. The number of nitro benzene ring substituents is 1. The first-order valence-corrected chi connectivity index (χ1v) is 11.3. The summed E-state index contributed by atoms with van der Waals surface area (Å²) in [5.41, 5.74) is 2.61. The van der Waals surface area contributed by atoms with Crippen molar-refractivity contribution in [1.29, 1.82) is 0 Å². The van der Waals surface area contributed by atoms with Gasteiger partial charge in [0.25, 0.3) is 11.6 Å². The van der Waals surface area contributed by atoms with Crippen LogP contribution in [0.3, 0.4) is 0 Å². The maximum absolute atomic E-state index is 13.3. The van der Waals surface area contributed by atoms with E-state index < -0.39 is 10.8 Å². The van der Waals surface area contributed by atoms with Crippen molar-refractivity contribution in [2.45, 2.75) is 20.3 Å². The van der Waals surface area contributed by atoms with Gasteiger partial charge in [0.05, 0.1) is 23.3 Å². The molecule has 0 spiro atoms. The van der Waals surface area contributed by atoms with Crippen molar-refractivity contribution in [2.24, 2.45) is 0 Å². The number of methoxy groups -OCH3 is 1. The Balaban J connectivity index is 1.89. The number of carbonyl (C=O) groups excluding carboxylic acids is 1. The summed E-state index contributed by atoms with van der Waals surface area (Å²) >= 11 is 0. The third-order valence-corrected chi connectivity index (χ3v) is 5.79. The number of hydrogen-bond acceptors (Lipinski definition) is 6. The van der Waals surface area contributed by atoms with Crippen LogP contribution >= 0.6 is 0 Å². The van der Waals surface area contributed by atoms with Crippen molar-refractivity contribution in [3.8, 4) is 22.6 Å². The maximum Gasteiger partial charge on any atom is 0.269 e. The summed E-state index contributed by atoms with van der Waals surface area (Å²) in [6.07, 6.45) is 0.859. The van der Waals surface area contributed by atoms with Crippen LogP contribution in [-0.4, -0.2) is 27.7 Å². The van der Waals surface area contributed by atoms with Crippen LogP contribution in [0.2, 0.25) is 0 Å². The van der Waals surface area contributed by atoms with E-state index in [1.54, 1.807) is 38.3 Å². The third kappa shape index (κ3) is 4.85. The highest BCUT2D eigenvalue weighted by Crippen LogP contribution is 2.29. The number of nitrogens with one attached hydrogen (secondary N) is 1. The summed E-state index contributed by atoms with van der Waals surface area (Å²) in [6, 6.07) is 19.8. The molecule has 9 nitrogen and oxygen atoms in total. The van der Waals surface area contributed by atoms with Gasteiger partial charge in [-0.15, -0.1) is 0 Å². The molecule has 0 aliphatic heterocycles. The van der Waals surface area contributed by atoms with E-state index in [0.717, 1.165) is 12.0 Å². The zero-order chi connectivity index (χ0) is 25.8. The lowest BCUT2D eigenvalue weighted by atomic mass is 10.0. The van der Waals surface area contributed by atoms with E-state index in [2.05, 4.69) is 17.3 Å². The second-order valence-corrected chi connectivity index (χ2v) is 8.06. The van der Waals surface area contributed by atoms with E-state index in [4.69, 9.17) is 4.74 Å². The van der Waals surface area contributed by atoms with Gasteiger partial charge in [0.2, 0.25) is 5.43 Å². The van der Waals surface area contributed by atoms with Gasteiger partial charge in [-0.1, -0.05) is 31.2 Å². The zero-order valence-corrected chi connectivity index (χ0v) is 20.0. The minimum Gasteiger partial charge on any atom is -0.497 e. The number of carbonyl (C=O) groups is 1. The van der Waals surface area contributed by atoms with Gasteiger partial charge in [0, 0.05) is 17.7 Å². The van der Waals surface area contributed by atoms with Crippen LogP contribution in [0.25, 0.3) is 16.8 Å². The molecule has 3 aromatic carbocycles. The number of aryl methyl sites for hydroxylation is 2. The number of ether oxygens (including phenoxy) is 1. The molecule has 0 atom stereocenters. The molecule has 0 bridgehead atoms. The fourth-order valence-corrected chi connectivity index (χ4v) is 3.75. The normalized spacial score (nSPS) is 10.6. The van der Waals surface area contributed by atoms with Gasteiger partial charge in [0.15, 0.2) is 0 Å². The van der Waals surface area contributed by atoms with E-state index in [1.807, 2.05) is 24.3 Å². The number of nitro groups is 1. The second kappa shape index (κ2) is 10.2. The highest BCUT2D eigenvalue weighted by Gasteiger charge is 2.21. The van der Waals surface area contributed by atoms with Crippen molar-refractivity contribution >= 4 is 17.4 Å². The number of nitrogens with zero attached hydrogens (tertiary/aromatic N) is 3. The Kier molecular flexibility index (Phi) is 6.91. The summed E-state index contributed by atoms with van der Waals surface area (Å²) in [4.78, 5) is 37.0. The monoisotopic (exact) mass is 484 g/mol. The van der Waals surface area contributed by atoms with Gasteiger partial charge in [-0.25, -0.2) is 4.68 Å². The smallest absolute Gasteiger partial charge is 0.269 e. The predicted octanol–water partition coefficient (Wildman–Crippen LogP) is 4.94. The number of amides is 1. The average molecular weight is 485 g/mol. The lowest BCUT2D eigenvalue weighted by Gasteiger charge is -2.19. The Morgan fingerprint density at radius 1 is 1.03 bits per heavy atom. The highest BCUT2D eigenvalue weighted by molar-refractivity contribution is 6.06. The van der Waals surface area contributed by atoms with Gasteiger partial charge in [0.1, 0.15) is 17.3 Å². The first-order valence-electron chi connectivity index (χ1n) is 11.3. The first-order chi connectivity index (χ1) is 17.3. The molecule has 1 aromatic heterocycles. The number of rotatable bonds is 7. The van der Waals surface area contributed by atoms with E-state index in [-0.39, 0.29) is 33.8 Å². The van der Waals surface area contributed by atoms with Crippen molar-refractivity contribution in [1.82, 2.24) is 9.78 Å².